The van der Waals surface area contributed by atoms with E-state index in [4.69, 9.17) is 0 Å². The molecular formula is C15H18N4O2S. The summed E-state index contributed by atoms with van der Waals surface area (Å²) in [5, 5.41) is 9.36. The van der Waals surface area contributed by atoms with Crippen LogP contribution in [-0.2, 0) is 4.79 Å². The Balaban J connectivity index is 1.97. The van der Waals surface area contributed by atoms with Crippen LogP contribution in [0.3, 0.4) is 0 Å². The number of rotatable bonds is 5. The zero-order chi connectivity index (χ0) is 15.9. The molecule has 2 aromatic rings. The second kappa shape index (κ2) is 7.56. The normalized spacial score (nSPS) is 10.1. The van der Waals surface area contributed by atoms with E-state index in [1.807, 2.05) is 44.2 Å². The number of benzene rings is 1. The monoisotopic (exact) mass is 318 g/mol. The highest BCUT2D eigenvalue weighted by atomic mass is 32.1. The van der Waals surface area contributed by atoms with E-state index in [9.17, 15) is 9.59 Å². The van der Waals surface area contributed by atoms with Crippen molar-refractivity contribution < 1.29 is 9.59 Å². The van der Waals surface area contributed by atoms with E-state index in [2.05, 4.69) is 20.9 Å². The number of nitrogens with one attached hydrogen (secondary N) is 3. The van der Waals surface area contributed by atoms with E-state index in [-0.39, 0.29) is 12.5 Å². The summed E-state index contributed by atoms with van der Waals surface area (Å²) in [4.78, 5) is 27.5. The van der Waals surface area contributed by atoms with Gasteiger partial charge in [0.15, 0.2) is 0 Å². The third-order valence-corrected chi connectivity index (χ3v) is 3.95. The maximum Gasteiger partial charge on any atom is 0.320 e. The number of nitrogens with zero attached hydrogens (tertiary/aromatic N) is 1. The van der Waals surface area contributed by atoms with Crippen LogP contribution in [0.2, 0.25) is 0 Å². The molecule has 3 N–H and O–H groups in total. The minimum absolute atomic E-state index is 0.0525. The van der Waals surface area contributed by atoms with Crippen LogP contribution in [0.4, 0.5) is 9.80 Å². The number of thiazole rings is 1. The molecule has 0 radical (unpaired) electrons. The second-order valence-corrected chi connectivity index (χ2v) is 5.56. The summed E-state index contributed by atoms with van der Waals surface area (Å²) in [7, 11) is 0. The number of carbonyl (C=O) groups is 2. The zero-order valence-corrected chi connectivity index (χ0v) is 13.3. The zero-order valence-electron chi connectivity index (χ0n) is 12.5. The van der Waals surface area contributed by atoms with Gasteiger partial charge in [-0.25, -0.2) is 9.78 Å². The number of carbonyl (C=O) groups excluding carboxylic acids is 2. The number of aromatic nitrogens is 1. The summed E-state index contributed by atoms with van der Waals surface area (Å²) in [6.45, 7) is 4.14. The fraction of sp³-hybridized carbons (Fsp3) is 0.267. The lowest BCUT2D eigenvalue weighted by Gasteiger charge is -2.06. The van der Waals surface area contributed by atoms with E-state index >= 15 is 0 Å². The van der Waals surface area contributed by atoms with Gasteiger partial charge in [-0.3, -0.25) is 10.1 Å². The molecule has 1 aromatic carbocycles. The molecule has 0 spiro atoms. The van der Waals surface area contributed by atoms with Crippen molar-refractivity contribution in [3.8, 4) is 10.6 Å². The number of aryl methyl sites for hydroxylation is 1. The number of amides is 3. The Kier molecular flexibility index (Phi) is 5.48. The van der Waals surface area contributed by atoms with E-state index in [1.54, 1.807) is 0 Å². The Morgan fingerprint density at radius 1 is 1.18 bits per heavy atom. The molecular weight excluding hydrogens is 300 g/mol. The first kappa shape index (κ1) is 16.0. The van der Waals surface area contributed by atoms with Crippen molar-refractivity contribution in [1.82, 2.24) is 15.6 Å². The number of hydrogen-bond acceptors (Lipinski definition) is 4. The molecule has 6 nitrogen and oxygen atoms in total. The minimum atomic E-state index is -0.419. The third-order valence-electron chi connectivity index (χ3n) is 2.83. The fourth-order valence-electron chi connectivity index (χ4n) is 1.78. The maximum absolute atomic E-state index is 11.8. The summed E-state index contributed by atoms with van der Waals surface area (Å²) in [5.41, 5.74) is 1.75. The Morgan fingerprint density at radius 2 is 1.91 bits per heavy atom. The summed E-state index contributed by atoms with van der Waals surface area (Å²) >= 11 is 1.40. The van der Waals surface area contributed by atoms with Gasteiger partial charge in [0, 0.05) is 12.1 Å². The molecule has 0 saturated heterocycles. The molecule has 116 valence electrons. The van der Waals surface area contributed by atoms with Crippen molar-refractivity contribution in [2.24, 2.45) is 0 Å². The highest BCUT2D eigenvalue weighted by molar-refractivity contribution is 7.19. The molecule has 1 heterocycles. The van der Waals surface area contributed by atoms with Crippen LogP contribution in [0.25, 0.3) is 10.6 Å². The first-order valence-electron chi connectivity index (χ1n) is 6.94. The summed E-state index contributed by atoms with van der Waals surface area (Å²) in [5.74, 6) is -0.219. The third kappa shape index (κ3) is 4.29. The van der Waals surface area contributed by atoms with Crippen LogP contribution in [0.5, 0.6) is 0 Å². The van der Waals surface area contributed by atoms with Crippen molar-refractivity contribution >= 4 is 28.3 Å². The lowest BCUT2D eigenvalue weighted by molar-refractivity contribution is -0.119. The quantitative estimate of drug-likeness (QED) is 0.791. The summed E-state index contributed by atoms with van der Waals surface area (Å²) in [6, 6.07) is 9.35. The van der Waals surface area contributed by atoms with Gasteiger partial charge in [0.05, 0.1) is 12.2 Å². The highest BCUT2D eigenvalue weighted by Crippen LogP contribution is 2.31. The van der Waals surface area contributed by atoms with Crippen molar-refractivity contribution in [2.75, 3.05) is 18.4 Å². The molecule has 0 fully saturated rings. The lowest BCUT2D eigenvalue weighted by Crippen LogP contribution is -2.38. The van der Waals surface area contributed by atoms with E-state index in [0.29, 0.717) is 11.5 Å². The van der Waals surface area contributed by atoms with Crippen LogP contribution in [0.15, 0.2) is 30.3 Å². The lowest BCUT2D eigenvalue weighted by atomic mass is 10.2. The molecule has 0 aliphatic heterocycles. The SMILES string of the molecule is CCNC(=O)CNC(=O)Nc1sc(-c2ccccc2)nc1C. The molecule has 0 atom stereocenters. The van der Waals surface area contributed by atoms with Gasteiger partial charge in [0.25, 0.3) is 0 Å². The van der Waals surface area contributed by atoms with Gasteiger partial charge in [-0.2, -0.15) is 0 Å². The molecule has 0 aliphatic rings. The average Bonchev–Trinajstić information content (AvgIpc) is 2.87. The Hall–Kier alpha value is -2.41. The number of hydrogen-bond donors (Lipinski definition) is 3. The first-order chi connectivity index (χ1) is 10.6. The molecule has 0 unspecified atom stereocenters. The fourth-order valence-corrected chi connectivity index (χ4v) is 2.75. The predicted molar refractivity (Wildman–Crippen MR) is 88.0 cm³/mol. The standard InChI is InChI=1S/C15H18N4O2S/c1-3-16-12(20)9-17-15(21)19-13-10(2)18-14(22-13)11-7-5-4-6-8-11/h4-8H,3,9H2,1-2H3,(H,16,20)(H2,17,19,21). The Labute approximate surface area is 133 Å². The summed E-state index contributed by atoms with van der Waals surface area (Å²) in [6.07, 6.45) is 0. The van der Waals surface area contributed by atoms with Crippen molar-refractivity contribution in [3.63, 3.8) is 0 Å². The molecule has 7 heteroatoms. The number of urea groups is 1. The van der Waals surface area contributed by atoms with Gasteiger partial charge in [0.2, 0.25) is 5.91 Å². The van der Waals surface area contributed by atoms with E-state index in [0.717, 1.165) is 16.3 Å². The number of likely N-dealkylation sites (N-methyl/N-ethyl adjacent to an activating group) is 1. The second-order valence-electron chi connectivity index (χ2n) is 4.56. The van der Waals surface area contributed by atoms with E-state index in [1.165, 1.54) is 11.3 Å². The first-order valence-corrected chi connectivity index (χ1v) is 7.76. The highest BCUT2D eigenvalue weighted by Gasteiger charge is 2.12. The maximum atomic E-state index is 11.8. The molecule has 2 rings (SSSR count). The molecule has 0 aliphatic carbocycles. The Morgan fingerprint density at radius 3 is 2.59 bits per heavy atom. The summed E-state index contributed by atoms with van der Waals surface area (Å²) < 4.78 is 0. The van der Waals surface area contributed by atoms with Crippen LogP contribution < -0.4 is 16.0 Å². The van der Waals surface area contributed by atoms with Crippen LogP contribution >= 0.6 is 11.3 Å². The van der Waals surface area contributed by atoms with E-state index < -0.39 is 6.03 Å². The van der Waals surface area contributed by atoms with Crippen molar-refractivity contribution in [1.29, 1.82) is 0 Å². The smallest absolute Gasteiger partial charge is 0.320 e. The van der Waals surface area contributed by atoms with Gasteiger partial charge in [-0.15, -0.1) is 0 Å². The van der Waals surface area contributed by atoms with Gasteiger partial charge in [-0.05, 0) is 13.8 Å². The Bertz CT molecular complexity index is 655. The molecule has 0 saturated carbocycles. The number of anilines is 1. The minimum Gasteiger partial charge on any atom is -0.355 e. The predicted octanol–water partition coefficient (Wildman–Crippen LogP) is 2.38. The molecule has 22 heavy (non-hydrogen) atoms. The van der Waals surface area contributed by atoms with Gasteiger partial charge >= 0.3 is 6.03 Å². The largest absolute Gasteiger partial charge is 0.355 e. The van der Waals surface area contributed by atoms with Crippen LogP contribution in [0, 0.1) is 6.92 Å². The van der Waals surface area contributed by atoms with Gasteiger partial charge in [-0.1, -0.05) is 41.7 Å². The van der Waals surface area contributed by atoms with Crippen molar-refractivity contribution in [3.05, 3.63) is 36.0 Å². The van der Waals surface area contributed by atoms with Crippen LogP contribution in [-0.4, -0.2) is 30.0 Å². The van der Waals surface area contributed by atoms with Gasteiger partial charge < -0.3 is 10.6 Å². The molecule has 1 aromatic heterocycles. The molecule has 0 bridgehead atoms. The topological polar surface area (TPSA) is 83.1 Å². The molecule has 3 amide bonds. The average molecular weight is 318 g/mol. The van der Waals surface area contributed by atoms with Crippen LogP contribution in [0.1, 0.15) is 12.6 Å². The van der Waals surface area contributed by atoms with Crippen molar-refractivity contribution in [2.45, 2.75) is 13.8 Å². The van der Waals surface area contributed by atoms with Gasteiger partial charge in [0.1, 0.15) is 10.0 Å².